The second kappa shape index (κ2) is 6.10. The Morgan fingerprint density at radius 2 is 2.27 bits per heavy atom. The smallest absolute Gasteiger partial charge is 0.120 e. The second-order valence-electron chi connectivity index (χ2n) is 2.97. The molecule has 0 aliphatic carbocycles. The zero-order valence-corrected chi connectivity index (χ0v) is 9.98. The summed E-state index contributed by atoms with van der Waals surface area (Å²) in [6.45, 7) is -0.0691. The standard InChI is InChI=1S/C10H13ClO3S/c1-14-9-3-2-8(10(11)6-9)7-15(13)5-4-12/h2-3,6,12H,4-5,7H2,1H3/t15-/m0/s1. The summed E-state index contributed by atoms with van der Waals surface area (Å²) >= 11 is 5.98. The van der Waals surface area contributed by atoms with Crippen molar-refractivity contribution in [1.29, 1.82) is 0 Å². The number of hydrogen-bond acceptors (Lipinski definition) is 3. The molecular formula is C10H13ClO3S. The maximum absolute atomic E-state index is 11.4. The van der Waals surface area contributed by atoms with Crippen LogP contribution in [-0.4, -0.2) is 28.8 Å². The molecule has 1 aromatic rings. The molecule has 1 atom stereocenters. The quantitative estimate of drug-likeness (QED) is 0.861. The minimum absolute atomic E-state index is 0.0691. The lowest BCUT2D eigenvalue weighted by Gasteiger charge is -2.06. The van der Waals surface area contributed by atoms with Crippen LogP contribution >= 0.6 is 11.6 Å². The molecule has 0 aromatic heterocycles. The highest BCUT2D eigenvalue weighted by molar-refractivity contribution is 7.84. The lowest BCUT2D eigenvalue weighted by atomic mass is 10.2. The fraction of sp³-hybridized carbons (Fsp3) is 0.400. The van der Waals surface area contributed by atoms with Crippen molar-refractivity contribution in [3.8, 4) is 5.75 Å². The van der Waals surface area contributed by atoms with Gasteiger partial charge in [-0.2, -0.15) is 0 Å². The predicted octanol–water partition coefficient (Wildman–Crippen LogP) is 1.59. The van der Waals surface area contributed by atoms with Crippen LogP contribution in [0.3, 0.4) is 0 Å². The van der Waals surface area contributed by atoms with Gasteiger partial charge in [-0.25, -0.2) is 0 Å². The van der Waals surface area contributed by atoms with E-state index in [-0.39, 0.29) is 12.4 Å². The summed E-state index contributed by atoms with van der Waals surface area (Å²) in [6.07, 6.45) is 0. The van der Waals surface area contributed by atoms with E-state index in [1.54, 1.807) is 25.3 Å². The first-order valence-corrected chi connectivity index (χ1v) is 6.32. The van der Waals surface area contributed by atoms with Crippen LogP contribution in [0, 0.1) is 0 Å². The summed E-state index contributed by atoms with van der Waals surface area (Å²) < 4.78 is 16.4. The maximum atomic E-state index is 11.4. The van der Waals surface area contributed by atoms with Crippen molar-refractivity contribution >= 4 is 22.4 Å². The van der Waals surface area contributed by atoms with E-state index in [2.05, 4.69) is 0 Å². The molecule has 0 bridgehead atoms. The zero-order chi connectivity index (χ0) is 11.3. The number of halogens is 1. The van der Waals surface area contributed by atoms with Gasteiger partial charge in [0, 0.05) is 21.6 Å². The van der Waals surface area contributed by atoms with Gasteiger partial charge in [-0.05, 0) is 17.7 Å². The van der Waals surface area contributed by atoms with E-state index in [9.17, 15) is 4.21 Å². The molecule has 0 spiro atoms. The molecule has 0 heterocycles. The lowest BCUT2D eigenvalue weighted by molar-refractivity contribution is 0.321. The van der Waals surface area contributed by atoms with Gasteiger partial charge < -0.3 is 9.84 Å². The van der Waals surface area contributed by atoms with Crippen molar-refractivity contribution in [1.82, 2.24) is 0 Å². The molecular weight excluding hydrogens is 236 g/mol. The van der Waals surface area contributed by atoms with Crippen LogP contribution in [0.15, 0.2) is 18.2 Å². The summed E-state index contributed by atoms with van der Waals surface area (Å²) in [5.74, 6) is 1.32. The zero-order valence-electron chi connectivity index (χ0n) is 8.40. The van der Waals surface area contributed by atoms with Crippen LogP contribution in [0.2, 0.25) is 5.02 Å². The Morgan fingerprint density at radius 1 is 1.53 bits per heavy atom. The van der Waals surface area contributed by atoms with Gasteiger partial charge in [0.25, 0.3) is 0 Å². The molecule has 0 amide bonds. The Labute approximate surface area is 96.5 Å². The largest absolute Gasteiger partial charge is 0.497 e. The highest BCUT2D eigenvalue weighted by Crippen LogP contribution is 2.23. The van der Waals surface area contributed by atoms with E-state index in [1.165, 1.54) is 0 Å². The first-order chi connectivity index (χ1) is 7.17. The summed E-state index contributed by atoms with van der Waals surface area (Å²) in [5, 5.41) is 9.16. The fourth-order valence-electron chi connectivity index (χ4n) is 1.12. The minimum atomic E-state index is -1.07. The molecule has 1 N–H and O–H groups in total. The Kier molecular flexibility index (Phi) is 5.08. The average molecular weight is 249 g/mol. The third-order valence-corrected chi connectivity index (χ3v) is 3.52. The van der Waals surface area contributed by atoms with Crippen molar-refractivity contribution in [2.75, 3.05) is 19.5 Å². The Bertz CT molecular complexity index is 355. The van der Waals surface area contributed by atoms with Gasteiger partial charge in [0.15, 0.2) is 0 Å². The molecule has 1 aromatic carbocycles. The molecule has 0 saturated heterocycles. The minimum Gasteiger partial charge on any atom is -0.497 e. The SMILES string of the molecule is COc1ccc(C[S@@](=O)CCO)c(Cl)c1. The summed E-state index contributed by atoms with van der Waals surface area (Å²) in [6, 6.07) is 5.25. The number of hydrogen-bond donors (Lipinski definition) is 1. The highest BCUT2D eigenvalue weighted by atomic mass is 35.5. The normalized spacial score (nSPS) is 12.5. The third kappa shape index (κ3) is 3.81. The third-order valence-electron chi connectivity index (χ3n) is 1.90. The Morgan fingerprint density at radius 3 is 2.80 bits per heavy atom. The molecule has 3 nitrogen and oxygen atoms in total. The molecule has 84 valence electrons. The fourth-order valence-corrected chi connectivity index (χ4v) is 2.38. The van der Waals surface area contributed by atoms with Gasteiger partial charge in [-0.15, -0.1) is 0 Å². The van der Waals surface area contributed by atoms with E-state index in [1.807, 2.05) is 0 Å². The van der Waals surface area contributed by atoms with Crippen LogP contribution in [-0.2, 0) is 16.6 Å². The summed E-state index contributed by atoms with van der Waals surface area (Å²) in [5.41, 5.74) is 0.809. The van der Waals surface area contributed by atoms with Gasteiger partial charge in [0.2, 0.25) is 0 Å². The Hall–Kier alpha value is -0.580. The van der Waals surface area contributed by atoms with Crippen molar-refractivity contribution < 1.29 is 14.1 Å². The van der Waals surface area contributed by atoms with E-state index >= 15 is 0 Å². The molecule has 0 unspecified atom stereocenters. The predicted molar refractivity (Wildman–Crippen MR) is 61.8 cm³/mol. The number of aliphatic hydroxyl groups is 1. The first kappa shape index (κ1) is 12.5. The van der Waals surface area contributed by atoms with Gasteiger partial charge in [0.05, 0.1) is 19.5 Å². The summed E-state index contributed by atoms with van der Waals surface area (Å²) in [7, 11) is 0.500. The lowest BCUT2D eigenvalue weighted by Crippen LogP contribution is -2.04. The molecule has 0 aliphatic rings. The van der Waals surface area contributed by atoms with E-state index in [0.717, 1.165) is 5.56 Å². The van der Waals surface area contributed by atoms with Gasteiger partial charge in [-0.3, -0.25) is 4.21 Å². The van der Waals surface area contributed by atoms with Gasteiger partial charge >= 0.3 is 0 Å². The van der Waals surface area contributed by atoms with Crippen LogP contribution in [0.5, 0.6) is 5.75 Å². The van der Waals surface area contributed by atoms with Crippen molar-refractivity contribution in [2.45, 2.75) is 5.75 Å². The molecule has 0 fully saturated rings. The topological polar surface area (TPSA) is 46.5 Å². The number of benzene rings is 1. The number of methoxy groups -OCH3 is 1. The maximum Gasteiger partial charge on any atom is 0.120 e. The van der Waals surface area contributed by atoms with Crippen molar-refractivity contribution in [3.63, 3.8) is 0 Å². The van der Waals surface area contributed by atoms with Crippen LogP contribution in [0.1, 0.15) is 5.56 Å². The van der Waals surface area contributed by atoms with E-state index < -0.39 is 10.8 Å². The van der Waals surface area contributed by atoms with E-state index in [0.29, 0.717) is 16.5 Å². The van der Waals surface area contributed by atoms with Gasteiger partial charge in [-0.1, -0.05) is 17.7 Å². The molecule has 5 heteroatoms. The Balaban J connectivity index is 2.73. The number of ether oxygens (including phenoxy) is 1. The first-order valence-electron chi connectivity index (χ1n) is 4.45. The van der Waals surface area contributed by atoms with Crippen LogP contribution < -0.4 is 4.74 Å². The monoisotopic (exact) mass is 248 g/mol. The molecule has 0 saturated carbocycles. The molecule has 15 heavy (non-hydrogen) atoms. The molecule has 1 rings (SSSR count). The highest BCUT2D eigenvalue weighted by Gasteiger charge is 2.06. The molecule has 0 radical (unpaired) electrons. The van der Waals surface area contributed by atoms with Crippen LogP contribution in [0.4, 0.5) is 0 Å². The van der Waals surface area contributed by atoms with Crippen LogP contribution in [0.25, 0.3) is 0 Å². The summed E-state index contributed by atoms with van der Waals surface area (Å²) in [4.78, 5) is 0. The number of aliphatic hydroxyl groups excluding tert-OH is 1. The van der Waals surface area contributed by atoms with Crippen molar-refractivity contribution in [3.05, 3.63) is 28.8 Å². The molecule has 0 aliphatic heterocycles. The van der Waals surface area contributed by atoms with Gasteiger partial charge in [0.1, 0.15) is 5.75 Å². The second-order valence-corrected chi connectivity index (χ2v) is 4.95. The van der Waals surface area contributed by atoms with Crippen molar-refractivity contribution in [2.24, 2.45) is 0 Å². The van der Waals surface area contributed by atoms with E-state index in [4.69, 9.17) is 21.4 Å². The average Bonchev–Trinajstić information content (AvgIpc) is 2.21. The number of rotatable bonds is 5.